The van der Waals surface area contributed by atoms with Crippen molar-refractivity contribution in [3.8, 4) is 16.9 Å². The molecule has 2 saturated heterocycles. The van der Waals surface area contributed by atoms with E-state index < -0.39 is 24.2 Å². The van der Waals surface area contributed by atoms with E-state index in [0.29, 0.717) is 56.3 Å². The van der Waals surface area contributed by atoms with Crippen molar-refractivity contribution in [2.45, 2.75) is 83.7 Å². The number of methoxy groups -OCH3 is 1. The van der Waals surface area contributed by atoms with Crippen molar-refractivity contribution in [2.24, 2.45) is 11.8 Å². The lowest BCUT2D eigenvalue weighted by Gasteiger charge is -2.35. The Morgan fingerprint density at radius 3 is 2.46 bits per heavy atom. The number of amides is 2. The molecule has 10 nitrogen and oxygen atoms in total. The van der Waals surface area contributed by atoms with E-state index in [0.717, 1.165) is 36.8 Å². The van der Waals surface area contributed by atoms with Crippen LogP contribution in [0.25, 0.3) is 11.1 Å². The van der Waals surface area contributed by atoms with Crippen molar-refractivity contribution in [2.75, 3.05) is 46.6 Å². The summed E-state index contributed by atoms with van der Waals surface area (Å²) < 4.78 is 28.9. The monoisotopic (exact) mass is 667 g/mol. The summed E-state index contributed by atoms with van der Waals surface area (Å²) in [5.41, 5.74) is 1.65. The molecule has 2 atom stereocenters. The van der Waals surface area contributed by atoms with Gasteiger partial charge in [-0.05, 0) is 76.5 Å². The second kappa shape index (κ2) is 17.4. The molecule has 11 heteroatoms. The number of pyridine rings is 1. The Hall–Kier alpha value is -4.02. The first-order chi connectivity index (χ1) is 23.0. The van der Waals surface area contributed by atoms with E-state index in [4.69, 9.17) is 14.2 Å². The zero-order valence-corrected chi connectivity index (χ0v) is 28.8. The average molecular weight is 668 g/mol. The number of para-hydroxylation sites is 1. The Morgan fingerprint density at radius 1 is 1.00 bits per heavy atom. The molecule has 0 aliphatic carbocycles. The van der Waals surface area contributed by atoms with Gasteiger partial charge < -0.3 is 24.0 Å². The highest BCUT2D eigenvalue weighted by molar-refractivity contribution is 5.84. The Bertz CT molecular complexity index is 1400. The van der Waals surface area contributed by atoms with Crippen LogP contribution in [0.1, 0.15) is 83.6 Å². The van der Waals surface area contributed by atoms with Crippen LogP contribution < -0.4 is 4.74 Å². The summed E-state index contributed by atoms with van der Waals surface area (Å²) in [4.78, 5) is 59.8. The number of halogens is 1. The van der Waals surface area contributed by atoms with Crippen LogP contribution in [0.4, 0.5) is 9.18 Å². The number of rotatable bonds is 13. The van der Waals surface area contributed by atoms with Crippen molar-refractivity contribution >= 4 is 23.8 Å². The minimum absolute atomic E-state index is 0.00741. The van der Waals surface area contributed by atoms with Crippen molar-refractivity contribution in [1.82, 2.24) is 14.8 Å². The van der Waals surface area contributed by atoms with Crippen molar-refractivity contribution in [3.63, 3.8) is 0 Å². The van der Waals surface area contributed by atoms with Crippen LogP contribution >= 0.6 is 0 Å². The molecule has 2 aliphatic rings. The molecule has 0 radical (unpaired) electrons. The molecule has 0 saturated carbocycles. The van der Waals surface area contributed by atoms with Crippen molar-refractivity contribution in [3.05, 3.63) is 48.3 Å². The van der Waals surface area contributed by atoms with Gasteiger partial charge in [0.25, 0.3) is 0 Å². The molecule has 2 aromatic rings. The van der Waals surface area contributed by atoms with Gasteiger partial charge in [0, 0.05) is 74.4 Å². The quantitative estimate of drug-likeness (QED) is 0.227. The molecule has 2 fully saturated rings. The molecule has 0 spiro atoms. The molecular weight excluding hydrogens is 617 g/mol. The number of aromatic nitrogens is 1. The third-order valence-electron chi connectivity index (χ3n) is 9.11. The number of ketones is 1. The van der Waals surface area contributed by atoms with Gasteiger partial charge in [-0.3, -0.25) is 19.4 Å². The maximum atomic E-state index is 13.7. The summed E-state index contributed by atoms with van der Waals surface area (Å²) >= 11 is 0. The van der Waals surface area contributed by atoms with Crippen LogP contribution in [0.2, 0.25) is 0 Å². The maximum Gasteiger partial charge on any atom is 0.410 e. The van der Waals surface area contributed by atoms with E-state index in [9.17, 15) is 23.6 Å². The molecule has 1 unspecified atom stereocenters. The molecule has 4 rings (SSSR count). The van der Waals surface area contributed by atoms with E-state index in [1.165, 1.54) is 7.11 Å². The Balaban J connectivity index is 1.35. The van der Waals surface area contributed by atoms with E-state index >= 15 is 0 Å². The molecular formula is C37H50FN3O7. The normalized spacial score (nSPS) is 17.8. The number of piperidine rings is 2. The maximum absolute atomic E-state index is 13.7. The fourth-order valence-electron chi connectivity index (χ4n) is 6.49. The van der Waals surface area contributed by atoms with E-state index in [-0.39, 0.29) is 43.2 Å². The summed E-state index contributed by atoms with van der Waals surface area (Å²) in [6.45, 7) is 7.13. The summed E-state index contributed by atoms with van der Waals surface area (Å²) in [6, 6.07) is 9.17. The summed E-state index contributed by atoms with van der Waals surface area (Å²) in [5, 5.41) is 0. The summed E-state index contributed by atoms with van der Waals surface area (Å²) in [5.74, 6) is -0.262. The van der Waals surface area contributed by atoms with Gasteiger partial charge in [-0.2, -0.15) is 0 Å². The fourth-order valence-corrected chi connectivity index (χ4v) is 6.49. The van der Waals surface area contributed by atoms with E-state index in [1.54, 1.807) is 23.4 Å². The largest absolute Gasteiger partial charge is 0.490 e. The average Bonchev–Trinajstić information content (AvgIpc) is 3.09. The number of hydrogen-bond acceptors (Lipinski definition) is 8. The summed E-state index contributed by atoms with van der Waals surface area (Å²) in [7, 11) is 1.32. The molecule has 0 N–H and O–H groups in total. The third kappa shape index (κ3) is 10.8. The first-order valence-electron chi connectivity index (χ1n) is 17.1. The highest BCUT2D eigenvalue weighted by Gasteiger charge is 2.32. The standard InChI is InChI=1S/C37H50FN3O7/c1-37(2,3)48-36(45)40-17-13-26(14-18-40)11-12-34(43)41-16-7-8-27(25-41)32(42)21-28(22-35(44)46-4)29-20-30(24-39-23-29)31-9-5-6-10-33(31)47-19-15-38/h5-6,9-10,20,23-24,26-28H,7-8,11-19,21-22,25H2,1-4H3/t27-,28?/m1/s1. The van der Waals surface area contributed by atoms with E-state index in [1.807, 2.05) is 49.9 Å². The van der Waals surface area contributed by atoms with Gasteiger partial charge in [0.2, 0.25) is 5.91 Å². The van der Waals surface area contributed by atoms with Gasteiger partial charge in [-0.15, -0.1) is 0 Å². The van der Waals surface area contributed by atoms with Gasteiger partial charge in [0.1, 0.15) is 30.4 Å². The SMILES string of the molecule is COC(=O)CC(CC(=O)[C@@H]1CCCN(C(=O)CCC2CCN(C(=O)OC(C)(C)C)CC2)C1)c1cncc(-c2ccccc2OCCF)c1. The van der Waals surface area contributed by atoms with Crippen molar-refractivity contribution in [1.29, 1.82) is 0 Å². The molecule has 0 bridgehead atoms. The van der Waals surface area contributed by atoms with Crippen LogP contribution in [-0.2, 0) is 23.9 Å². The van der Waals surface area contributed by atoms with Gasteiger partial charge >= 0.3 is 12.1 Å². The topological polar surface area (TPSA) is 115 Å². The molecule has 3 heterocycles. The van der Waals surface area contributed by atoms with Crippen molar-refractivity contribution < 1.29 is 37.8 Å². The van der Waals surface area contributed by atoms with Crippen LogP contribution in [0, 0.1) is 11.8 Å². The minimum Gasteiger partial charge on any atom is -0.490 e. The number of carbonyl (C=O) groups is 4. The predicted molar refractivity (Wildman–Crippen MR) is 179 cm³/mol. The van der Waals surface area contributed by atoms with Gasteiger partial charge in [-0.25, -0.2) is 9.18 Å². The predicted octanol–water partition coefficient (Wildman–Crippen LogP) is 6.37. The number of Topliss-reactive ketones (excluding diaryl/α,β-unsaturated/α-hetero) is 1. The Kier molecular flexibility index (Phi) is 13.3. The smallest absolute Gasteiger partial charge is 0.410 e. The number of benzene rings is 1. The number of carbonyl (C=O) groups excluding carboxylic acids is 4. The molecule has 2 amide bonds. The van der Waals surface area contributed by atoms with Gasteiger partial charge in [0.05, 0.1) is 13.5 Å². The zero-order valence-electron chi connectivity index (χ0n) is 28.8. The molecule has 262 valence electrons. The van der Waals surface area contributed by atoms with E-state index in [2.05, 4.69) is 4.98 Å². The number of esters is 1. The lowest BCUT2D eigenvalue weighted by atomic mass is 9.84. The lowest BCUT2D eigenvalue weighted by Crippen LogP contribution is -2.43. The third-order valence-corrected chi connectivity index (χ3v) is 9.11. The molecule has 48 heavy (non-hydrogen) atoms. The van der Waals surface area contributed by atoms with Gasteiger partial charge in [-0.1, -0.05) is 18.2 Å². The molecule has 1 aromatic heterocycles. The number of hydrogen-bond donors (Lipinski definition) is 0. The highest BCUT2D eigenvalue weighted by atomic mass is 19.1. The first kappa shape index (κ1) is 36.8. The Morgan fingerprint density at radius 2 is 1.75 bits per heavy atom. The second-order valence-electron chi connectivity index (χ2n) is 13.8. The second-order valence-corrected chi connectivity index (χ2v) is 13.8. The number of alkyl halides is 1. The minimum atomic E-state index is -0.614. The molecule has 2 aliphatic heterocycles. The lowest BCUT2D eigenvalue weighted by molar-refractivity contribution is -0.141. The van der Waals surface area contributed by atoms with Crippen LogP contribution in [0.5, 0.6) is 5.75 Å². The Labute approximate surface area is 283 Å². The first-order valence-corrected chi connectivity index (χ1v) is 17.1. The van der Waals surface area contributed by atoms with Gasteiger partial charge in [0.15, 0.2) is 0 Å². The number of ether oxygens (including phenoxy) is 3. The van der Waals surface area contributed by atoms with Crippen LogP contribution in [0.3, 0.4) is 0 Å². The van der Waals surface area contributed by atoms with Crippen LogP contribution in [-0.4, -0.2) is 90.7 Å². The fraction of sp³-hybridized carbons (Fsp3) is 0.595. The highest BCUT2D eigenvalue weighted by Crippen LogP contribution is 2.34. The van der Waals surface area contributed by atoms with Crippen LogP contribution in [0.15, 0.2) is 42.7 Å². The zero-order chi connectivity index (χ0) is 34.7. The number of nitrogens with zero attached hydrogens (tertiary/aromatic N) is 3. The molecule has 1 aromatic carbocycles. The summed E-state index contributed by atoms with van der Waals surface area (Å²) in [6.07, 6.45) is 7.43. The number of likely N-dealkylation sites (tertiary alicyclic amines) is 2.